The van der Waals surface area contributed by atoms with E-state index in [0.29, 0.717) is 5.56 Å². The van der Waals surface area contributed by atoms with E-state index in [-0.39, 0.29) is 24.6 Å². The number of benzene rings is 1. The third kappa shape index (κ3) is 3.64. The molecule has 16 heavy (non-hydrogen) atoms. The van der Waals surface area contributed by atoms with Crippen molar-refractivity contribution in [1.29, 1.82) is 0 Å². The minimum atomic E-state index is -0.605. The summed E-state index contributed by atoms with van der Waals surface area (Å²) in [7, 11) is 0. The van der Waals surface area contributed by atoms with Gasteiger partial charge in [-0.15, -0.1) is 0 Å². The average Bonchev–Trinajstić information content (AvgIpc) is 2.27. The number of alkyl halides is 1. The predicted molar refractivity (Wildman–Crippen MR) is 55.8 cm³/mol. The van der Waals surface area contributed by atoms with E-state index in [1.807, 2.05) is 0 Å². The number of hydrogen-bond donors (Lipinski definition) is 1. The van der Waals surface area contributed by atoms with Gasteiger partial charge in [0.2, 0.25) is 5.91 Å². The highest BCUT2D eigenvalue weighted by molar-refractivity contribution is 5.78. The first-order valence-electron chi connectivity index (χ1n) is 4.69. The molecule has 6 heteroatoms. The number of amides is 1. The molecule has 0 saturated heterocycles. The van der Waals surface area contributed by atoms with Crippen LogP contribution in [0, 0.1) is 10.1 Å². The monoisotopic (exact) mass is 226 g/mol. The molecule has 0 fully saturated rings. The number of halogens is 1. The van der Waals surface area contributed by atoms with Gasteiger partial charge in [-0.25, -0.2) is 4.39 Å². The van der Waals surface area contributed by atoms with E-state index in [4.69, 9.17) is 0 Å². The van der Waals surface area contributed by atoms with Crippen LogP contribution in [0.3, 0.4) is 0 Å². The Morgan fingerprint density at radius 3 is 2.50 bits per heavy atom. The molecule has 1 aromatic rings. The molecule has 0 unspecified atom stereocenters. The summed E-state index contributed by atoms with van der Waals surface area (Å²) in [4.78, 5) is 21.0. The van der Waals surface area contributed by atoms with Gasteiger partial charge < -0.3 is 5.32 Å². The van der Waals surface area contributed by atoms with Gasteiger partial charge in [-0.2, -0.15) is 0 Å². The van der Waals surface area contributed by atoms with Gasteiger partial charge in [0.05, 0.1) is 11.3 Å². The zero-order valence-corrected chi connectivity index (χ0v) is 8.48. The van der Waals surface area contributed by atoms with Gasteiger partial charge in [-0.05, 0) is 5.56 Å². The molecule has 0 heterocycles. The summed E-state index contributed by atoms with van der Waals surface area (Å²) >= 11 is 0. The summed E-state index contributed by atoms with van der Waals surface area (Å²) in [5.41, 5.74) is 0.634. The summed E-state index contributed by atoms with van der Waals surface area (Å²) in [6.07, 6.45) is 0.0952. The standard InChI is InChI=1S/C10H11FN2O3/c11-5-6-12-10(14)7-8-1-3-9(4-2-8)13(15)16/h1-4H,5-7H2,(H,12,14). The lowest BCUT2D eigenvalue weighted by Gasteiger charge is -2.02. The maximum Gasteiger partial charge on any atom is 0.269 e. The van der Waals surface area contributed by atoms with Crippen LogP contribution in [-0.4, -0.2) is 24.0 Å². The van der Waals surface area contributed by atoms with E-state index in [2.05, 4.69) is 5.32 Å². The van der Waals surface area contributed by atoms with Crippen molar-refractivity contribution in [3.05, 3.63) is 39.9 Å². The molecule has 86 valence electrons. The van der Waals surface area contributed by atoms with Crippen LogP contribution in [0.2, 0.25) is 0 Å². The number of hydrogen-bond acceptors (Lipinski definition) is 3. The van der Waals surface area contributed by atoms with Gasteiger partial charge in [0.1, 0.15) is 6.67 Å². The van der Waals surface area contributed by atoms with Crippen LogP contribution in [0.4, 0.5) is 10.1 Å². The molecule has 0 atom stereocenters. The van der Waals surface area contributed by atoms with Gasteiger partial charge in [-0.3, -0.25) is 14.9 Å². The van der Waals surface area contributed by atoms with Gasteiger partial charge in [-0.1, -0.05) is 12.1 Å². The van der Waals surface area contributed by atoms with Crippen LogP contribution in [0.5, 0.6) is 0 Å². The van der Waals surface area contributed by atoms with Gasteiger partial charge >= 0.3 is 0 Å². The Kier molecular flexibility index (Phi) is 4.38. The molecule has 1 N–H and O–H groups in total. The van der Waals surface area contributed by atoms with Crippen LogP contribution in [0.15, 0.2) is 24.3 Å². The first-order valence-corrected chi connectivity index (χ1v) is 4.69. The first-order chi connectivity index (χ1) is 7.63. The van der Waals surface area contributed by atoms with Crippen molar-refractivity contribution in [3.8, 4) is 0 Å². The van der Waals surface area contributed by atoms with Crippen molar-refractivity contribution in [2.24, 2.45) is 0 Å². The molecule has 1 amide bonds. The summed E-state index contributed by atoms with van der Waals surface area (Å²) in [5, 5.41) is 12.7. The summed E-state index contributed by atoms with van der Waals surface area (Å²) in [6.45, 7) is -0.613. The molecule has 0 aliphatic rings. The maximum absolute atomic E-state index is 11.7. The molecule has 0 spiro atoms. The summed E-state index contributed by atoms with van der Waals surface area (Å²) in [6, 6.07) is 5.68. The number of carbonyl (C=O) groups excluding carboxylic acids is 1. The Bertz CT molecular complexity index is 378. The SMILES string of the molecule is O=C(Cc1ccc([N+](=O)[O-])cc1)NCCF. The van der Waals surface area contributed by atoms with E-state index >= 15 is 0 Å². The minimum absolute atomic E-state index is 0.00812. The van der Waals surface area contributed by atoms with Crippen LogP contribution >= 0.6 is 0 Å². The topological polar surface area (TPSA) is 72.2 Å². The molecular weight excluding hydrogens is 215 g/mol. The van der Waals surface area contributed by atoms with E-state index in [0.717, 1.165) is 0 Å². The third-order valence-corrected chi connectivity index (χ3v) is 1.93. The fourth-order valence-electron chi connectivity index (χ4n) is 1.17. The molecule has 0 aliphatic heterocycles. The highest BCUT2D eigenvalue weighted by Gasteiger charge is 2.06. The van der Waals surface area contributed by atoms with Crippen LogP contribution < -0.4 is 5.32 Å². The number of rotatable bonds is 5. The Hall–Kier alpha value is -1.98. The van der Waals surface area contributed by atoms with Crippen molar-refractivity contribution < 1.29 is 14.1 Å². The Labute approximate surface area is 91.4 Å². The van der Waals surface area contributed by atoms with E-state index in [1.165, 1.54) is 24.3 Å². The number of nitrogens with one attached hydrogen (secondary N) is 1. The van der Waals surface area contributed by atoms with Crippen molar-refractivity contribution >= 4 is 11.6 Å². The minimum Gasteiger partial charge on any atom is -0.353 e. The van der Waals surface area contributed by atoms with Crippen LogP contribution in [0.25, 0.3) is 0 Å². The fourth-order valence-corrected chi connectivity index (χ4v) is 1.17. The maximum atomic E-state index is 11.7. The lowest BCUT2D eigenvalue weighted by atomic mass is 10.1. The highest BCUT2D eigenvalue weighted by Crippen LogP contribution is 2.12. The van der Waals surface area contributed by atoms with Crippen molar-refractivity contribution in [1.82, 2.24) is 5.32 Å². The molecule has 0 aliphatic carbocycles. The molecule has 1 aromatic carbocycles. The van der Waals surface area contributed by atoms with Gasteiger partial charge in [0, 0.05) is 18.7 Å². The largest absolute Gasteiger partial charge is 0.353 e. The molecule has 0 bridgehead atoms. The molecular formula is C10H11FN2O3. The lowest BCUT2D eigenvalue weighted by molar-refractivity contribution is -0.384. The Morgan fingerprint density at radius 2 is 2.00 bits per heavy atom. The molecule has 0 radical (unpaired) electrons. The van der Waals surface area contributed by atoms with E-state index in [1.54, 1.807) is 0 Å². The van der Waals surface area contributed by atoms with Crippen LogP contribution in [-0.2, 0) is 11.2 Å². The van der Waals surface area contributed by atoms with E-state index in [9.17, 15) is 19.3 Å². The van der Waals surface area contributed by atoms with E-state index < -0.39 is 11.6 Å². The second-order valence-corrected chi connectivity index (χ2v) is 3.14. The number of nitro groups is 1. The van der Waals surface area contributed by atoms with Crippen molar-refractivity contribution in [2.75, 3.05) is 13.2 Å². The smallest absolute Gasteiger partial charge is 0.269 e. The number of carbonyl (C=O) groups is 1. The Balaban J connectivity index is 2.55. The quantitative estimate of drug-likeness (QED) is 0.606. The average molecular weight is 226 g/mol. The Morgan fingerprint density at radius 1 is 1.38 bits per heavy atom. The predicted octanol–water partition coefficient (Wildman–Crippen LogP) is 1.22. The zero-order valence-electron chi connectivity index (χ0n) is 8.48. The molecule has 1 rings (SSSR count). The summed E-state index contributed by atoms with van der Waals surface area (Å²) in [5.74, 6) is -0.300. The number of nitro benzene ring substituents is 1. The van der Waals surface area contributed by atoms with Gasteiger partial charge in [0.15, 0.2) is 0 Å². The zero-order chi connectivity index (χ0) is 12.0. The fraction of sp³-hybridized carbons (Fsp3) is 0.300. The first kappa shape index (κ1) is 12.1. The second kappa shape index (κ2) is 5.79. The van der Waals surface area contributed by atoms with Crippen molar-refractivity contribution in [3.63, 3.8) is 0 Å². The van der Waals surface area contributed by atoms with Crippen LogP contribution in [0.1, 0.15) is 5.56 Å². The molecule has 0 aromatic heterocycles. The normalized spacial score (nSPS) is 9.81. The number of nitrogens with zero attached hydrogens (tertiary/aromatic N) is 1. The highest BCUT2D eigenvalue weighted by atomic mass is 19.1. The lowest BCUT2D eigenvalue weighted by Crippen LogP contribution is -2.26. The molecule has 5 nitrogen and oxygen atoms in total. The second-order valence-electron chi connectivity index (χ2n) is 3.14. The number of non-ortho nitro benzene ring substituents is 1. The summed E-state index contributed by atoms with van der Waals surface area (Å²) < 4.78 is 11.7. The van der Waals surface area contributed by atoms with Gasteiger partial charge in [0.25, 0.3) is 5.69 Å². The van der Waals surface area contributed by atoms with Crippen molar-refractivity contribution in [2.45, 2.75) is 6.42 Å². The molecule has 0 saturated carbocycles. The third-order valence-electron chi connectivity index (χ3n) is 1.93.